The fraction of sp³-hybridized carbons (Fsp3) is 0.0769. The molecule has 0 fully saturated rings. The first-order valence-electron chi connectivity index (χ1n) is 6.23. The Balaban J connectivity index is 2.15. The van der Waals surface area contributed by atoms with Crippen LogP contribution in [0, 0.1) is 10.1 Å². The van der Waals surface area contributed by atoms with Crippen molar-refractivity contribution in [3.05, 3.63) is 55.7 Å². The van der Waals surface area contributed by atoms with E-state index in [2.05, 4.69) is 14.8 Å². The molecule has 0 radical (unpaired) electrons. The third kappa shape index (κ3) is 2.66. The van der Waals surface area contributed by atoms with Gasteiger partial charge in [0.05, 0.1) is 12.0 Å². The monoisotopic (exact) mass is 332 g/mol. The number of hydrogen-bond acceptors (Lipinski definition) is 8. The molecule has 0 N–H and O–H groups in total. The molecule has 0 unspecified atom stereocenters. The Labute approximate surface area is 131 Å². The predicted octanol–water partition coefficient (Wildman–Crippen LogP) is 1.51. The summed E-state index contributed by atoms with van der Waals surface area (Å²) in [5, 5.41) is 14.9. The summed E-state index contributed by atoms with van der Waals surface area (Å²) in [6.07, 6.45) is 0. The Morgan fingerprint density at radius 3 is 2.87 bits per heavy atom. The SMILES string of the molecule is COC(=O)c1cc(=O)n2nc(-c3cccc([N+](=O)[O-])c3)nc2s1. The average molecular weight is 332 g/mol. The van der Waals surface area contributed by atoms with Crippen LogP contribution in [0.4, 0.5) is 5.69 Å². The first kappa shape index (κ1) is 14.8. The molecule has 0 aliphatic carbocycles. The van der Waals surface area contributed by atoms with Crippen LogP contribution in [0.25, 0.3) is 16.3 Å². The fourth-order valence-corrected chi connectivity index (χ4v) is 2.76. The van der Waals surface area contributed by atoms with Crippen molar-refractivity contribution in [2.45, 2.75) is 0 Å². The smallest absolute Gasteiger partial charge is 0.348 e. The number of carbonyl (C=O) groups excluding carboxylic acids is 1. The number of methoxy groups -OCH3 is 1. The second kappa shape index (κ2) is 5.57. The summed E-state index contributed by atoms with van der Waals surface area (Å²) in [6, 6.07) is 6.86. The number of fused-ring (bicyclic) bond motifs is 1. The number of ether oxygens (including phenoxy) is 1. The quantitative estimate of drug-likeness (QED) is 0.405. The molecule has 3 aromatic rings. The minimum Gasteiger partial charge on any atom is -0.465 e. The highest BCUT2D eigenvalue weighted by atomic mass is 32.1. The molecule has 9 nitrogen and oxygen atoms in total. The standard InChI is InChI=1S/C13H8N4O5S/c1-22-12(19)9-6-10(18)16-13(23-9)14-11(15-16)7-3-2-4-8(5-7)17(20)21/h2-6H,1H3. The van der Waals surface area contributed by atoms with Gasteiger partial charge in [0.2, 0.25) is 4.96 Å². The van der Waals surface area contributed by atoms with Crippen LogP contribution in [-0.4, -0.2) is 32.6 Å². The van der Waals surface area contributed by atoms with Crippen LogP contribution in [0.5, 0.6) is 0 Å². The van der Waals surface area contributed by atoms with Crippen LogP contribution in [0.2, 0.25) is 0 Å². The fourth-order valence-electron chi connectivity index (χ4n) is 1.89. The number of carbonyl (C=O) groups is 1. The van der Waals surface area contributed by atoms with Crippen molar-refractivity contribution in [2.24, 2.45) is 0 Å². The van der Waals surface area contributed by atoms with Gasteiger partial charge >= 0.3 is 5.97 Å². The van der Waals surface area contributed by atoms with Gasteiger partial charge < -0.3 is 4.74 Å². The lowest BCUT2D eigenvalue weighted by Gasteiger charge is -1.96. The van der Waals surface area contributed by atoms with Crippen LogP contribution in [0.1, 0.15) is 9.67 Å². The highest BCUT2D eigenvalue weighted by molar-refractivity contribution is 7.18. The Bertz CT molecular complexity index is 993. The largest absolute Gasteiger partial charge is 0.465 e. The van der Waals surface area contributed by atoms with Gasteiger partial charge in [-0.2, -0.15) is 9.50 Å². The molecule has 0 bridgehead atoms. The minimum absolute atomic E-state index is 0.1000. The molecule has 3 rings (SSSR count). The van der Waals surface area contributed by atoms with Gasteiger partial charge in [-0.15, -0.1) is 5.10 Å². The summed E-state index contributed by atoms with van der Waals surface area (Å²) >= 11 is 0.941. The number of nitro groups is 1. The predicted molar refractivity (Wildman–Crippen MR) is 80.6 cm³/mol. The molecule has 0 saturated heterocycles. The van der Waals surface area contributed by atoms with Crippen LogP contribution < -0.4 is 5.56 Å². The van der Waals surface area contributed by atoms with Crippen molar-refractivity contribution in [1.82, 2.24) is 14.6 Å². The number of esters is 1. The molecule has 1 aromatic carbocycles. The molecule has 23 heavy (non-hydrogen) atoms. The molecule has 0 amide bonds. The number of rotatable bonds is 3. The van der Waals surface area contributed by atoms with E-state index in [1.165, 1.54) is 25.3 Å². The van der Waals surface area contributed by atoms with Crippen LogP contribution >= 0.6 is 11.3 Å². The summed E-state index contributed by atoms with van der Waals surface area (Å²) in [6.45, 7) is 0. The molecule has 2 heterocycles. The van der Waals surface area contributed by atoms with E-state index in [0.717, 1.165) is 21.9 Å². The van der Waals surface area contributed by atoms with E-state index >= 15 is 0 Å². The van der Waals surface area contributed by atoms with Gasteiger partial charge in [0.15, 0.2) is 5.82 Å². The second-order valence-corrected chi connectivity index (χ2v) is 5.39. The lowest BCUT2D eigenvalue weighted by atomic mass is 10.2. The summed E-state index contributed by atoms with van der Waals surface area (Å²) < 4.78 is 5.61. The van der Waals surface area contributed by atoms with Gasteiger partial charge in [0.1, 0.15) is 4.88 Å². The third-order valence-corrected chi connectivity index (χ3v) is 3.90. The highest BCUT2D eigenvalue weighted by Gasteiger charge is 2.16. The zero-order valence-electron chi connectivity index (χ0n) is 11.6. The molecule has 0 atom stereocenters. The van der Waals surface area contributed by atoms with Gasteiger partial charge in [0.25, 0.3) is 11.2 Å². The number of aromatic nitrogens is 3. The summed E-state index contributed by atoms with van der Waals surface area (Å²) in [5.74, 6) is -0.487. The minimum atomic E-state index is -0.644. The Kier molecular flexibility index (Phi) is 3.58. The van der Waals surface area contributed by atoms with Gasteiger partial charge in [-0.25, -0.2) is 4.79 Å². The highest BCUT2D eigenvalue weighted by Crippen LogP contribution is 2.22. The lowest BCUT2D eigenvalue weighted by Crippen LogP contribution is -2.14. The van der Waals surface area contributed by atoms with Crippen molar-refractivity contribution >= 4 is 28.0 Å². The van der Waals surface area contributed by atoms with E-state index in [-0.39, 0.29) is 21.3 Å². The summed E-state index contributed by atoms with van der Waals surface area (Å²) in [4.78, 5) is 38.3. The molecule has 2 aromatic heterocycles. The molecular formula is C13H8N4O5S. The number of hydrogen-bond donors (Lipinski definition) is 0. The topological polar surface area (TPSA) is 117 Å². The number of benzene rings is 1. The number of nitrogens with zero attached hydrogens (tertiary/aromatic N) is 4. The first-order chi connectivity index (χ1) is 11.0. The van der Waals surface area contributed by atoms with E-state index in [9.17, 15) is 19.7 Å². The second-order valence-electron chi connectivity index (χ2n) is 4.38. The summed E-state index contributed by atoms with van der Waals surface area (Å²) in [7, 11) is 1.21. The van der Waals surface area contributed by atoms with E-state index in [1.807, 2.05) is 0 Å². The zero-order chi connectivity index (χ0) is 16.6. The van der Waals surface area contributed by atoms with Crippen molar-refractivity contribution in [3.8, 4) is 11.4 Å². The van der Waals surface area contributed by atoms with Crippen molar-refractivity contribution in [2.75, 3.05) is 7.11 Å². The van der Waals surface area contributed by atoms with Gasteiger partial charge in [-0.05, 0) is 0 Å². The molecule has 0 aliphatic rings. The van der Waals surface area contributed by atoms with Gasteiger partial charge in [-0.1, -0.05) is 23.5 Å². The van der Waals surface area contributed by atoms with Gasteiger partial charge in [0, 0.05) is 23.8 Å². The maximum Gasteiger partial charge on any atom is 0.348 e. The number of nitro benzene ring substituents is 1. The zero-order valence-corrected chi connectivity index (χ0v) is 12.4. The lowest BCUT2D eigenvalue weighted by molar-refractivity contribution is -0.384. The first-order valence-corrected chi connectivity index (χ1v) is 7.05. The molecule has 116 valence electrons. The maximum absolute atomic E-state index is 12.0. The molecule has 10 heteroatoms. The Morgan fingerprint density at radius 1 is 1.39 bits per heavy atom. The number of non-ortho nitro benzene ring substituents is 1. The third-order valence-electron chi connectivity index (χ3n) is 2.94. The Hall–Kier alpha value is -3.14. The Morgan fingerprint density at radius 2 is 2.17 bits per heavy atom. The molecule has 0 aliphatic heterocycles. The van der Waals surface area contributed by atoms with Gasteiger partial charge in [-0.3, -0.25) is 14.9 Å². The normalized spacial score (nSPS) is 10.7. The molecule has 0 saturated carbocycles. The van der Waals surface area contributed by atoms with E-state index in [0.29, 0.717) is 5.56 Å². The summed E-state index contributed by atoms with van der Waals surface area (Å²) in [5.41, 5.74) is -0.250. The van der Waals surface area contributed by atoms with Crippen LogP contribution in [0.15, 0.2) is 35.1 Å². The molecular weight excluding hydrogens is 324 g/mol. The van der Waals surface area contributed by atoms with E-state index in [1.54, 1.807) is 6.07 Å². The molecule has 0 spiro atoms. The van der Waals surface area contributed by atoms with Crippen molar-refractivity contribution in [3.63, 3.8) is 0 Å². The van der Waals surface area contributed by atoms with E-state index < -0.39 is 16.5 Å². The van der Waals surface area contributed by atoms with Crippen LogP contribution in [0.3, 0.4) is 0 Å². The maximum atomic E-state index is 12.0. The van der Waals surface area contributed by atoms with Crippen molar-refractivity contribution < 1.29 is 14.5 Å². The van der Waals surface area contributed by atoms with Crippen molar-refractivity contribution in [1.29, 1.82) is 0 Å². The average Bonchev–Trinajstić information content (AvgIpc) is 2.99. The van der Waals surface area contributed by atoms with Crippen LogP contribution in [-0.2, 0) is 4.74 Å². The van der Waals surface area contributed by atoms with E-state index in [4.69, 9.17) is 0 Å².